The normalized spacial score (nSPS) is 22.3. The molecule has 1 aliphatic carbocycles. The van der Waals surface area contributed by atoms with Gasteiger partial charge in [0.15, 0.2) is 17.5 Å². The van der Waals surface area contributed by atoms with Crippen molar-refractivity contribution in [2.75, 3.05) is 33.0 Å². The summed E-state index contributed by atoms with van der Waals surface area (Å²) < 4.78 is 10.8. The minimum atomic E-state index is 0. The molecule has 0 aromatic heterocycles. The van der Waals surface area contributed by atoms with Gasteiger partial charge in [0, 0.05) is 38.3 Å². The van der Waals surface area contributed by atoms with Gasteiger partial charge in [-0.3, -0.25) is 9.89 Å². The predicted molar refractivity (Wildman–Crippen MR) is 123 cm³/mol. The molecule has 1 unspecified atom stereocenters. The number of benzene rings is 1. The molecule has 7 heteroatoms. The van der Waals surface area contributed by atoms with E-state index in [1.807, 2.05) is 6.07 Å². The van der Waals surface area contributed by atoms with E-state index in [2.05, 4.69) is 34.6 Å². The van der Waals surface area contributed by atoms with Crippen LogP contribution in [-0.4, -0.2) is 55.9 Å². The van der Waals surface area contributed by atoms with Crippen molar-refractivity contribution < 1.29 is 9.47 Å². The van der Waals surface area contributed by atoms with Crippen LogP contribution < -0.4 is 20.1 Å². The van der Waals surface area contributed by atoms with E-state index in [1.165, 1.54) is 44.2 Å². The maximum Gasteiger partial charge on any atom is 0.231 e. The Labute approximate surface area is 185 Å². The molecule has 3 aliphatic rings. The predicted octanol–water partition coefficient (Wildman–Crippen LogP) is 3.15. The summed E-state index contributed by atoms with van der Waals surface area (Å²) >= 11 is 0. The molecule has 6 nitrogen and oxygen atoms in total. The van der Waals surface area contributed by atoms with E-state index in [0.717, 1.165) is 49.6 Å². The van der Waals surface area contributed by atoms with Crippen LogP contribution in [0.4, 0.5) is 0 Å². The van der Waals surface area contributed by atoms with Crippen molar-refractivity contribution >= 4 is 29.9 Å². The zero-order valence-corrected chi connectivity index (χ0v) is 19.1. The summed E-state index contributed by atoms with van der Waals surface area (Å²) in [5.74, 6) is 2.63. The standard InChI is InChI=1S/C21H32N4O2.HI/c1-2-22-21(24-17-10-12-25(14-17)18-5-3-4-6-18)23-11-9-16-7-8-19-20(13-16)27-15-26-19;/h7-8,13,17-18H,2-6,9-12,14-15H2,1H3,(H2,22,23,24);1H. The fourth-order valence-corrected chi connectivity index (χ4v) is 4.41. The molecular formula is C21H33IN4O2. The Morgan fingerprint density at radius 1 is 1.18 bits per heavy atom. The van der Waals surface area contributed by atoms with Gasteiger partial charge in [-0.05, 0) is 50.3 Å². The van der Waals surface area contributed by atoms with Crippen LogP contribution in [0.2, 0.25) is 0 Å². The van der Waals surface area contributed by atoms with Gasteiger partial charge in [0.05, 0.1) is 0 Å². The van der Waals surface area contributed by atoms with Gasteiger partial charge in [-0.15, -0.1) is 24.0 Å². The van der Waals surface area contributed by atoms with Crippen molar-refractivity contribution in [2.45, 2.75) is 57.5 Å². The minimum absolute atomic E-state index is 0. The Morgan fingerprint density at radius 3 is 2.82 bits per heavy atom. The van der Waals surface area contributed by atoms with E-state index < -0.39 is 0 Å². The van der Waals surface area contributed by atoms with Gasteiger partial charge in [-0.2, -0.15) is 0 Å². The van der Waals surface area contributed by atoms with Crippen LogP contribution >= 0.6 is 24.0 Å². The van der Waals surface area contributed by atoms with Gasteiger partial charge in [0.1, 0.15) is 0 Å². The van der Waals surface area contributed by atoms with Crippen molar-refractivity contribution in [1.82, 2.24) is 15.5 Å². The molecule has 0 bridgehead atoms. The molecule has 4 rings (SSSR count). The number of rotatable bonds is 6. The number of halogens is 1. The maximum atomic E-state index is 5.46. The summed E-state index contributed by atoms with van der Waals surface area (Å²) in [6.07, 6.45) is 7.69. The molecule has 2 N–H and O–H groups in total. The van der Waals surface area contributed by atoms with Crippen LogP contribution in [0.15, 0.2) is 23.2 Å². The zero-order chi connectivity index (χ0) is 18.5. The maximum absolute atomic E-state index is 5.46. The van der Waals surface area contributed by atoms with Crippen LogP contribution in [0.25, 0.3) is 0 Å². The number of aliphatic imine (C=N–C) groups is 1. The molecule has 1 aromatic rings. The third kappa shape index (κ3) is 5.43. The highest BCUT2D eigenvalue weighted by Crippen LogP contribution is 2.32. The number of nitrogens with zero attached hydrogens (tertiary/aromatic N) is 2. The summed E-state index contributed by atoms with van der Waals surface area (Å²) in [4.78, 5) is 7.47. The number of guanidine groups is 1. The van der Waals surface area contributed by atoms with Crippen LogP contribution in [0, 0.1) is 0 Å². The highest BCUT2D eigenvalue weighted by Gasteiger charge is 2.30. The van der Waals surface area contributed by atoms with E-state index in [1.54, 1.807) is 0 Å². The summed E-state index contributed by atoms with van der Waals surface area (Å²) in [6, 6.07) is 7.48. The molecular weight excluding hydrogens is 467 g/mol. The summed E-state index contributed by atoms with van der Waals surface area (Å²) in [6.45, 7) is 6.46. The van der Waals surface area contributed by atoms with E-state index in [9.17, 15) is 0 Å². The molecule has 1 saturated heterocycles. The quantitative estimate of drug-likeness (QED) is 0.357. The Bertz CT molecular complexity index is 664. The van der Waals surface area contributed by atoms with E-state index in [4.69, 9.17) is 14.5 Å². The molecule has 2 aliphatic heterocycles. The van der Waals surface area contributed by atoms with Crippen molar-refractivity contribution in [3.8, 4) is 11.5 Å². The average Bonchev–Trinajstić information content (AvgIpc) is 3.42. The third-order valence-corrected chi connectivity index (χ3v) is 5.85. The Kier molecular flexibility index (Phi) is 8.08. The van der Waals surface area contributed by atoms with Crippen molar-refractivity contribution in [3.63, 3.8) is 0 Å². The van der Waals surface area contributed by atoms with Crippen LogP contribution in [0.3, 0.4) is 0 Å². The van der Waals surface area contributed by atoms with Gasteiger partial charge in [-0.1, -0.05) is 18.9 Å². The molecule has 0 amide bonds. The van der Waals surface area contributed by atoms with Crippen LogP contribution in [-0.2, 0) is 6.42 Å². The first-order valence-corrected chi connectivity index (χ1v) is 10.5. The molecule has 0 radical (unpaired) electrons. The number of hydrogen-bond acceptors (Lipinski definition) is 4. The van der Waals surface area contributed by atoms with Gasteiger partial charge >= 0.3 is 0 Å². The average molecular weight is 500 g/mol. The monoisotopic (exact) mass is 500 g/mol. The zero-order valence-electron chi connectivity index (χ0n) is 16.8. The Balaban J connectivity index is 0.00000225. The summed E-state index contributed by atoms with van der Waals surface area (Å²) in [5, 5.41) is 7.05. The van der Waals surface area contributed by atoms with E-state index >= 15 is 0 Å². The second-order valence-electron chi connectivity index (χ2n) is 7.76. The molecule has 28 heavy (non-hydrogen) atoms. The van der Waals surface area contributed by atoms with Gasteiger partial charge in [0.2, 0.25) is 6.79 Å². The van der Waals surface area contributed by atoms with Crippen molar-refractivity contribution in [2.24, 2.45) is 4.99 Å². The number of fused-ring (bicyclic) bond motifs is 1. The summed E-state index contributed by atoms with van der Waals surface area (Å²) in [5.41, 5.74) is 1.23. The Morgan fingerprint density at radius 2 is 2.00 bits per heavy atom. The molecule has 2 fully saturated rings. The molecule has 1 atom stereocenters. The van der Waals surface area contributed by atoms with Gasteiger partial charge < -0.3 is 20.1 Å². The summed E-state index contributed by atoms with van der Waals surface area (Å²) in [7, 11) is 0. The van der Waals surface area contributed by atoms with Gasteiger partial charge in [-0.25, -0.2) is 0 Å². The van der Waals surface area contributed by atoms with E-state index in [0.29, 0.717) is 12.8 Å². The minimum Gasteiger partial charge on any atom is -0.454 e. The SMILES string of the molecule is CCNC(=NCCc1ccc2c(c1)OCO2)NC1CCN(C2CCCC2)C1.I. The second-order valence-corrected chi connectivity index (χ2v) is 7.76. The second kappa shape index (κ2) is 10.5. The fourth-order valence-electron chi connectivity index (χ4n) is 4.41. The number of hydrogen-bond donors (Lipinski definition) is 2. The first kappa shape index (κ1) is 21.5. The Hall–Kier alpha value is -1.22. The lowest BCUT2D eigenvalue weighted by Crippen LogP contribution is -2.45. The number of ether oxygens (including phenoxy) is 2. The lowest BCUT2D eigenvalue weighted by Gasteiger charge is -2.24. The lowest BCUT2D eigenvalue weighted by molar-refractivity contribution is 0.174. The molecule has 0 spiro atoms. The number of nitrogens with one attached hydrogen (secondary N) is 2. The van der Waals surface area contributed by atoms with Crippen molar-refractivity contribution in [1.29, 1.82) is 0 Å². The number of likely N-dealkylation sites (tertiary alicyclic amines) is 1. The molecule has 156 valence electrons. The molecule has 1 saturated carbocycles. The highest BCUT2D eigenvalue weighted by molar-refractivity contribution is 14.0. The van der Waals surface area contributed by atoms with Crippen molar-refractivity contribution in [3.05, 3.63) is 23.8 Å². The smallest absolute Gasteiger partial charge is 0.231 e. The van der Waals surface area contributed by atoms with E-state index in [-0.39, 0.29) is 24.0 Å². The largest absolute Gasteiger partial charge is 0.454 e. The van der Waals surface area contributed by atoms with Crippen LogP contribution in [0.5, 0.6) is 11.5 Å². The first-order chi connectivity index (χ1) is 13.3. The highest BCUT2D eigenvalue weighted by atomic mass is 127. The third-order valence-electron chi connectivity index (χ3n) is 5.85. The topological polar surface area (TPSA) is 58.1 Å². The first-order valence-electron chi connectivity index (χ1n) is 10.5. The van der Waals surface area contributed by atoms with Gasteiger partial charge in [0.25, 0.3) is 0 Å². The van der Waals surface area contributed by atoms with Crippen LogP contribution in [0.1, 0.15) is 44.6 Å². The molecule has 1 aromatic carbocycles. The lowest BCUT2D eigenvalue weighted by atomic mass is 10.1. The molecule has 2 heterocycles. The fraction of sp³-hybridized carbons (Fsp3) is 0.667.